The molecule has 9 heteroatoms. The molecule has 0 aliphatic rings. The van der Waals surface area contributed by atoms with Gasteiger partial charge in [0.2, 0.25) is 10.0 Å². The Labute approximate surface area is 114 Å². The lowest BCUT2D eigenvalue weighted by atomic mass is 10.3. The van der Waals surface area contributed by atoms with Crippen molar-refractivity contribution in [3.8, 4) is 0 Å². The molecule has 0 amide bonds. The van der Waals surface area contributed by atoms with Gasteiger partial charge in [0.25, 0.3) is 0 Å². The molecule has 4 nitrogen and oxygen atoms in total. The van der Waals surface area contributed by atoms with Crippen LogP contribution in [-0.2, 0) is 10.0 Å². The van der Waals surface area contributed by atoms with Gasteiger partial charge in [-0.15, -0.1) is 0 Å². The van der Waals surface area contributed by atoms with E-state index >= 15 is 0 Å². The summed E-state index contributed by atoms with van der Waals surface area (Å²) >= 11 is 5.23. The van der Waals surface area contributed by atoms with Crippen molar-refractivity contribution in [2.45, 2.75) is 4.90 Å². The van der Waals surface area contributed by atoms with Crippen LogP contribution in [0.25, 0.3) is 0 Å². The second kappa shape index (κ2) is 6.08. The van der Waals surface area contributed by atoms with E-state index < -0.39 is 37.4 Å². The molecular formula is C10H12ClF3N2O2S. The van der Waals surface area contributed by atoms with Crippen molar-refractivity contribution in [1.82, 2.24) is 9.62 Å². The molecule has 0 spiro atoms. The van der Waals surface area contributed by atoms with Crippen molar-refractivity contribution in [2.24, 2.45) is 0 Å². The molecule has 0 aliphatic carbocycles. The van der Waals surface area contributed by atoms with Gasteiger partial charge in [-0.2, -0.15) is 0 Å². The number of likely N-dealkylation sites (N-methyl/N-ethyl adjacent to an activating group) is 1. The Bertz CT molecular complexity index is 579. The Balaban J connectivity index is 3.12. The van der Waals surface area contributed by atoms with Gasteiger partial charge in [-0.3, -0.25) is 0 Å². The second-order valence-electron chi connectivity index (χ2n) is 4.00. The van der Waals surface area contributed by atoms with Crippen molar-refractivity contribution in [3.05, 3.63) is 28.5 Å². The van der Waals surface area contributed by atoms with Crippen LogP contribution < -0.4 is 4.72 Å². The zero-order valence-corrected chi connectivity index (χ0v) is 11.7. The molecular weight excluding hydrogens is 305 g/mol. The van der Waals surface area contributed by atoms with Gasteiger partial charge in [0.15, 0.2) is 10.7 Å². The number of hydrogen-bond donors (Lipinski definition) is 1. The molecule has 1 aromatic rings. The van der Waals surface area contributed by atoms with E-state index in [1.165, 1.54) is 0 Å². The fourth-order valence-corrected chi connectivity index (χ4v) is 2.63. The molecule has 0 saturated heterocycles. The van der Waals surface area contributed by atoms with Crippen LogP contribution >= 0.6 is 11.6 Å². The van der Waals surface area contributed by atoms with Crippen molar-refractivity contribution in [3.63, 3.8) is 0 Å². The van der Waals surface area contributed by atoms with Gasteiger partial charge < -0.3 is 4.90 Å². The average molecular weight is 317 g/mol. The maximum absolute atomic E-state index is 13.6. The standard InChI is InChI=1S/C10H12ClF3N2O2S/c1-16(2)4-3-15-19(17,18)10-7(13)5-6(12)8(11)9(10)14/h5,15H,3-4H2,1-2H3. The third kappa shape index (κ3) is 3.82. The molecule has 108 valence electrons. The molecule has 0 fully saturated rings. The molecule has 19 heavy (non-hydrogen) atoms. The number of sulfonamides is 1. The number of benzene rings is 1. The number of halogens is 4. The van der Waals surface area contributed by atoms with Gasteiger partial charge in [-0.1, -0.05) is 11.6 Å². The molecule has 0 aliphatic heterocycles. The molecule has 1 aromatic carbocycles. The molecule has 0 atom stereocenters. The van der Waals surface area contributed by atoms with E-state index in [1.807, 2.05) is 4.72 Å². The zero-order valence-electron chi connectivity index (χ0n) is 10.2. The monoisotopic (exact) mass is 316 g/mol. The first kappa shape index (κ1) is 16.2. The van der Waals surface area contributed by atoms with Gasteiger partial charge in [0.05, 0.1) is 0 Å². The Morgan fingerprint density at radius 1 is 1.26 bits per heavy atom. The highest BCUT2D eigenvalue weighted by atomic mass is 35.5. The quantitative estimate of drug-likeness (QED) is 0.663. The van der Waals surface area contributed by atoms with Crippen LogP contribution in [0.15, 0.2) is 11.0 Å². The van der Waals surface area contributed by atoms with Crippen LogP contribution in [-0.4, -0.2) is 40.5 Å². The van der Waals surface area contributed by atoms with E-state index in [1.54, 1.807) is 19.0 Å². The van der Waals surface area contributed by atoms with E-state index in [0.717, 1.165) is 0 Å². The smallest absolute Gasteiger partial charge is 0.246 e. The van der Waals surface area contributed by atoms with Gasteiger partial charge in [0.1, 0.15) is 16.7 Å². The normalized spacial score (nSPS) is 12.2. The van der Waals surface area contributed by atoms with Crippen LogP contribution in [0.4, 0.5) is 13.2 Å². The van der Waals surface area contributed by atoms with E-state index in [-0.39, 0.29) is 12.6 Å². The third-order valence-corrected chi connectivity index (χ3v) is 4.03. The fourth-order valence-electron chi connectivity index (χ4n) is 1.27. The molecule has 0 unspecified atom stereocenters. The van der Waals surface area contributed by atoms with E-state index in [4.69, 9.17) is 11.6 Å². The first-order valence-electron chi connectivity index (χ1n) is 5.14. The summed E-state index contributed by atoms with van der Waals surface area (Å²) in [5, 5.41) is -1.06. The number of rotatable bonds is 5. The molecule has 0 heterocycles. The fraction of sp³-hybridized carbons (Fsp3) is 0.400. The van der Waals surface area contributed by atoms with Gasteiger partial charge >= 0.3 is 0 Å². The van der Waals surface area contributed by atoms with Gasteiger partial charge in [-0.05, 0) is 14.1 Å². The van der Waals surface area contributed by atoms with Gasteiger partial charge in [0, 0.05) is 19.2 Å². The number of nitrogens with one attached hydrogen (secondary N) is 1. The summed E-state index contributed by atoms with van der Waals surface area (Å²) in [7, 11) is -1.04. The van der Waals surface area contributed by atoms with Crippen LogP contribution in [0.3, 0.4) is 0 Å². The topological polar surface area (TPSA) is 49.4 Å². The highest BCUT2D eigenvalue weighted by molar-refractivity contribution is 7.89. The Kier molecular flexibility index (Phi) is 5.19. The summed E-state index contributed by atoms with van der Waals surface area (Å²) in [4.78, 5) is 0.394. The molecule has 0 radical (unpaired) electrons. The maximum Gasteiger partial charge on any atom is 0.246 e. The van der Waals surface area contributed by atoms with E-state index in [9.17, 15) is 21.6 Å². The first-order valence-corrected chi connectivity index (χ1v) is 7.00. The predicted octanol–water partition coefficient (Wildman–Crippen LogP) is 1.60. The molecule has 0 saturated carbocycles. The highest BCUT2D eigenvalue weighted by Gasteiger charge is 2.27. The summed E-state index contributed by atoms with van der Waals surface area (Å²) in [5.74, 6) is -4.53. The lowest BCUT2D eigenvalue weighted by Crippen LogP contribution is -2.32. The molecule has 1 rings (SSSR count). The highest BCUT2D eigenvalue weighted by Crippen LogP contribution is 2.27. The van der Waals surface area contributed by atoms with E-state index in [2.05, 4.69) is 0 Å². The summed E-state index contributed by atoms with van der Waals surface area (Å²) in [6.45, 7) is 0.278. The minimum atomic E-state index is -4.43. The minimum absolute atomic E-state index is 0.0524. The van der Waals surface area contributed by atoms with Crippen molar-refractivity contribution >= 4 is 21.6 Å². The lowest BCUT2D eigenvalue weighted by Gasteiger charge is -2.12. The Morgan fingerprint density at radius 2 is 1.84 bits per heavy atom. The van der Waals surface area contributed by atoms with Crippen molar-refractivity contribution < 1.29 is 21.6 Å². The summed E-state index contributed by atoms with van der Waals surface area (Å²) in [5.41, 5.74) is 0. The lowest BCUT2D eigenvalue weighted by molar-refractivity contribution is 0.411. The van der Waals surface area contributed by atoms with Crippen molar-refractivity contribution in [1.29, 1.82) is 0 Å². The number of nitrogens with zero attached hydrogens (tertiary/aromatic N) is 1. The summed E-state index contributed by atoms with van der Waals surface area (Å²) in [6.07, 6.45) is 0. The number of hydrogen-bond acceptors (Lipinski definition) is 3. The van der Waals surface area contributed by atoms with Crippen LogP contribution in [0, 0.1) is 17.5 Å². The maximum atomic E-state index is 13.6. The Hall–Kier alpha value is -0.830. The van der Waals surface area contributed by atoms with Gasteiger partial charge in [-0.25, -0.2) is 26.3 Å². The third-order valence-electron chi connectivity index (χ3n) is 2.19. The Morgan fingerprint density at radius 3 is 2.37 bits per heavy atom. The second-order valence-corrected chi connectivity index (χ2v) is 6.08. The van der Waals surface area contributed by atoms with Crippen LogP contribution in [0.2, 0.25) is 5.02 Å². The molecule has 1 N–H and O–H groups in total. The minimum Gasteiger partial charge on any atom is -0.308 e. The molecule has 0 aromatic heterocycles. The summed E-state index contributed by atoms with van der Waals surface area (Å²) in [6, 6.07) is 0.228. The SMILES string of the molecule is CN(C)CCNS(=O)(=O)c1c(F)cc(F)c(Cl)c1F. The zero-order chi connectivity index (χ0) is 14.8. The van der Waals surface area contributed by atoms with E-state index in [0.29, 0.717) is 6.54 Å². The summed E-state index contributed by atoms with van der Waals surface area (Å²) < 4.78 is 65.4. The van der Waals surface area contributed by atoms with Crippen molar-refractivity contribution in [2.75, 3.05) is 27.2 Å². The largest absolute Gasteiger partial charge is 0.308 e. The van der Waals surface area contributed by atoms with Crippen LogP contribution in [0.1, 0.15) is 0 Å². The first-order chi connectivity index (χ1) is 8.66. The van der Waals surface area contributed by atoms with Crippen LogP contribution in [0.5, 0.6) is 0 Å². The average Bonchev–Trinajstić information content (AvgIpc) is 2.24. The molecule has 0 bridgehead atoms. The predicted molar refractivity (Wildman–Crippen MR) is 65.1 cm³/mol.